The summed E-state index contributed by atoms with van der Waals surface area (Å²) in [4.78, 5) is 30.3. The number of aromatic nitrogens is 2. The molecule has 1 amide bonds. The van der Waals surface area contributed by atoms with Crippen molar-refractivity contribution >= 4 is 18.0 Å². The minimum Gasteiger partial charge on any atom is -0.478 e. The Bertz CT molecular complexity index is 691. The third kappa shape index (κ3) is 4.27. The number of carbonyl (C=O) groups excluding carboxylic acids is 1. The van der Waals surface area contributed by atoms with Crippen molar-refractivity contribution < 1.29 is 19.1 Å². The molecule has 7 heteroatoms. The smallest absolute Gasteiger partial charge is 0.328 e. The maximum absolute atomic E-state index is 12.0. The van der Waals surface area contributed by atoms with E-state index in [9.17, 15) is 9.59 Å². The third-order valence-corrected chi connectivity index (χ3v) is 2.51. The summed E-state index contributed by atoms with van der Waals surface area (Å²) in [6, 6.07) is 1.54. The second kappa shape index (κ2) is 6.47. The molecule has 2 aromatic rings. The number of nitrogens with zero attached hydrogens (tertiary/aromatic N) is 2. The van der Waals surface area contributed by atoms with E-state index in [4.69, 9.17) is 9.52 Å². The van der Waals surface area contributed by atoms with Gasteiger partial charge in [0.25, 0.3) is 5.91 Å². The zero-order valence-corrected chi connectivity index (χ0v) is 11.2. The Morgan fingerprint density at radius 3 is 2.86 bits per heavy atom. The highest BCUT2D eigenvalue weighted by Crippen LogP contribution is 2.06. The predicted molar refractivity (Wildman–Crippen MR) is 73.3 cm³/mol. The van der Waals surface area contributed by atoms with Gasteiger partial charge in [0.15, 0.2) is 0 Å². The number of amides is 1. The van der Waals surface area contributed by atoms with E-state index in [-0.39, 0.29) is 12.5 Å². The van der Waals surface area contributed by atoms with Gasteiger partial charge in [0.1, 0.15) is 5.76 Å². The quantitative estimate of drug-likeness (QED) is 0.805. The summed E-state index contributed by atoms with van der Waals surface area (Å²) in [6.45, 7) is 1.93. The first-order chi connectivity index (χ1) is 10.0. The van der Waals surface area contributed by atoms with E-state index < -0.39 is 5.97 Å². The fraction of sp³-hybridized carbons (Fsp3) is 0.143. The predicted octanol–water partition coefficient (Wildman–Crippen LogP) is 1.41. The van der Waals surface area contributed by atoms with Gasteiger partial charge in [-0.15, -0.1) is 0 Å². The summed E-state index contributed by atoms with van der Waals surface area (Å²) >= 11 is 0. The molecule has 0 fully saturated rings. The van der Waals surface area contributed by atoms with Gasteiger partial charge in [-0.3, -0.25) is 9.78 Å². The van der Waals surface area contributed by atoms with Crippen LogP contribution in [0.25, 0.3) is 6.08 Å². The summed E-state index contributed by atoms with van der Waals surface area (Å²) in [7, 11) is 0. The topological polar surface area (TPSA) is 105 Å². The van der Waals surface area contributed by atoms with E-state index >= 15 is 0 Å². The molecular weight excluding hydrogens is 274 g/mol. The highest BCUT2D eigenvalue weighted by molar-refractivity contribution is 5.94. The van der Waals surface area contributed by atoms with Crippen LogP contribution in [-0.2, 0) is 11.3 Å². The monoisotopic (exact) mass is 287 g/mol. The van der Waals surface area contributed by atoms with Crippen molar-refractivity contribution in [1.29, 1.82) is 0 Å². The summed E-state index contributed by atoms with van der Waals surface area (Å²) in [6.07, 6.45) is 6.78. The molecule has 2 rings (SSSR count). The van der Waals surface area contributed by atoms with Gasteiger partial charge in [0.05, 0.1) is 18.3 Å². The largest absolute Gasteiger partial charge is 0.478 e. The molecular formula is C14H13N3O4. The molecule has 108 valence electrons. The summed E-state index contributed by atoms with van der Waals surface area (Å²) in [5, 5.41) is 11.2. The van der Waals surface area contributed by atoms with Gasteiger partial charge < -0.3 is 14.8 Å². The molecule has 2 aromatic heterocycles. The molecule has 0 aromatic carbocycles. The first-order valence-corrected chi connectivity index (χ1v) is 6.10. The van der Waals surface area contributed by atoms with Gasteiger partial charge in [-0.2, -0.15) is 0 Å². The van der Waals surface area contributed by atoms with E-state index in [1.807, 2.05) is 0 Å². The Morgan fingerprint density at radius 2 is 2.19 bits per heavy atom. The van der Waals surface area contributed by atoms with Crippen LogP contribution >= 0.6 is 0 Å². The molecule has 21 heavy (non-hydrogen) atoms. The van der Waals surface area contributed by atoms with Crippen molar-refractivity contribution in [2.45, 2.75) is 13.5 Å². The maximum Gasteiger partial charge on any atom is 0.328 e. The molecule has 0 aliphatic rings. The number of hydrogen-bond acceptors (Lipinski definition) is 5. The van der Waals surface area contributed by atoms with Crippen LogP contribution in [0.15, 0.2) is 35.2 Å². The maximum atomic E-state index is 12.0. The number of carboxylic acid groups (broad SMARTS) is 1. The second-order valence-electron chi connectivity index (χ2n) is 4.23. The van der Waals surface area contributed by atoms with Crippen LogP contribution in [0.3, 0.4) is 0 Å². The molecule has 0 saturated carbocycles. The van der Waals surface area contributed by atoms with Crippen molar-refractivity contribution in [1.82, 2.24) is 15.3 Å². The van der Waals surface area contributed by atoms with Gasteiger partial charge in [-0.1, -0.05) is 0 Å². The van der Waals surface area contributed by atoms with Crippen molar-refractivity contribution in [3.05, 3.63) is 53.5 Å². The number of aryl methyl sites for hydroxylation is 1. The van der Waals surface area contributed by atoms with Gasteiger partial charge >= 0.3 is 5.97 Å². The van der Waals surface area contributed by atoms with Crippen LogP contribution in [-0.4, -0.2) is 27.0 Å². The van der Waals surface area contributed by atoms with E-state index in [1.54, 1.807) is 19.2 Å². The number of hydrogen-bond donors (Lipinski definition) is 2. The Labute approximate surface area is 120 Å². The lowest BCUT2D eigenvalue weighted by molar-refractivity contribution is -0.131. The Kier molecular flexibility index (Phi) is 4.45. The van der Waals surface area contributed by atoms with Crippen LogP contribution < -0.4 is 5.32 Å². The van der Waals surface area contributed by atoms with Crippen LogP contribution in [0.5, 0.6) is 0 Å². The van der Waals surface area contributed by atoms with E-state index in [0.29, 0.717) is 22.8 Å². The SMILES string of the molecule is Cc1cnc(CNC(=O)c2cncc(/C=C/C(=O)O)c2)o1. The van der Waals surface area contributed by atoms with Gasteiger partial charge in [-0.05, 0) is 24.6 Å². The fourth-order valence-corrected chi connectivity index (χ4v) is 1.58. The molecule has 0 aliphatic carbocycles. The lowest BCUT2D eigenvalue weighted by Crippen LogP contribution is -2.23. The average molecular weight is 287 g/mol. The number of carboxylic acids is 1. The minimum absolute atomic E-state index is 0.169. The first-order valence-electron chi connectivity index (χ1n) is 6.10. The van der Waals surface area contributed by atoms with Crippen LogP contribution in [0.2, 0.25) is 0 Å². The summed E-state index contributed by atoms with van der Waals surface area (Å²) in [5.41, 5.74) is 0.850. The Morgan fingerprint density at radius 1 is 1.38 bits per heavy atom. The lowest BCUT2D eigenvalue weighted by Gasteiger charge is -2.03. The summed E-state index contributed by atoms with van der Waals surface area (Å²) in [5.74, 6) is -0.328. The van der Waals surface area contributed by atoms with Crippen LogP contribution in [0.1, 0.15) is 27.6 Å². The molecule has 0 unspecified atom stereocenters. The number of carbonyl (C=O) groups is 2. The zero-order valence-electron chi connectivity index (χ0n) is 11.2. The number of pyridine rings is 1. The molecule has 0 radical (unpaired) electrons. The third-order valence-electron chi connectivity index (χ3n) is 2.51. The van der Waals surface area contributed by atoms with Gasteiger partial charge in [-0.25, -0.2) is 9.78 Å². The van der Waals surface area contributed by atoms with Crippen LogP contribution in [0, 0.1) is 6.92 Å². The molecule has 0 saturated heterocycles. The number of aliphatic carboxylic acids is 1. The molecule has 2 N–H and O–H groups in total. The van der Waals surface area contributed by atoms with Crippen LogP contribution in [0.4, 0.5) is 0 Å². The minimum atomic E-state index is -1.07. The number of rotatable bonds is 5. The Balaban J connectivity index is 2.02. The first kappa shape index (κ1) is 14.4. The van der Waals surface area contributed by atoms with Crippen molar-refractivity contribution in [3.8, 4) is 0 Å². The number of oxazole rings is 1. The molecule has 7 nitrogen and oxygen atoms in total. The highest BCUT2D eigenvalue weighted by Gasteiger charge is 2.08. The van der Waals surface area contributed by atoms with Crippen molar-refractivity contribution in [2.75, 3.05) is 0 Å². The zero-order chi connectivity index (χ0) is 15.2. The molecule has 0 bridgehead atoms. The highest BCUT2D eigenvalue weighted by atomic mass is 16.4. The molecule has 0 atom stereocenters. The lowest BCUT2D eigenvalue weighted by atomic mass is 10.2. The van der Waals surface area contributed by atoms with E-state index in [0.717, 1.165) is 6.08 Å². The average Bonchev–Trinajstić information content (AvgIpc) is 2.88. The molecule has 0 spiro atoms. The molecule has 0 aliphatic heterocycles. The van der Waals surface area contributed by atoms with E-state index in [1.165, 1.54) is 18.5 Å². The normalized spacial score (nSPS) is 10.7. The standard InChI is InChI=1S/C14H13N3O4/c1-9-5-16-12(21-9)8-17-14(20)11-4-10(6-15-7-11)2-3-13(18)19/h2-7H,8H2,1H3,(H,17,20)(H,18,19)/b3-2+. The van der Waals surface area contributed by atoms with Gasteiger partial charge in [0.2, 0.25) is 5.89 Å². The van der Waals surface area contributed by atoms with Gasteiger partial charge in [0, 0.05) is 18.5 Å². The molecule has 2 heterocycles. The Hall–Kier alpha value is -2.96. The van der Waals surface area contributed by atoms with Crippen molar-refractivity contribution in [2.24, 2.45) is 0 Å². The van der Waals surface area contributed by atoms with E-state index in [2.05, 4.69) is 15.3 Å². The summed E-state index contributed by atoms with van der Waals surface area (Å²) < 4.78 is 5.24. The number of nitrogens with one attached hydrogen (secondary N) is 1. The fourth-order valence-electron chi connectivity index (χ4n) is 1.58. The van der Waals surface area contributed by atoms with Crippen molar-refractivity contribution in [3.63, 3.8) is 0 Å². The second-order valence-corrected chi connectivity index (χ2v) is 4.23.